The summed E-state index contributed by atoms with van der Waals surface area (Å²) in [5.74, 6) is 1.65. The molecule has 0 aliphatic carbocycles. The van der Waals surface area contributed by atoms with Gasteiger partial charge in [-0.1, -0.05) is 19.1 Å². The van der Waals surface area contributed by atoms with Crippen LogP contribution in [0.3, 0.4) is 0 Å². The molecule has 114 valence electrons. The van der Waals surface area contributed by atoms with Crippen LogP contribution in [0.15, 0.2) is 24.3 Å². The normalized spacial score (nSPS) is 13.9. The maximum atomic E-state index is 6.13. The van der Waals surface area contributed by atoms with Gasteiger partial charge < -0.3 is 16.2 Å². The first-order chi connectivity index (χ1) is 10.1. The lowest BCUT2D eigenvalue weighted by Gasteiger charge is -2.12. The Morgan fingerprint density at radius 3 is 2.57 bits per heavy atom. The van der Waals surface area contributed by atoms with Gasteiger partial charge in [0.25, 0.3) is 0 Å². The SMILES string of the molecule is CCC(N)CC(N)c1nc(Cc2ccc(OC)cc2)ns1. The van der Waals surface area contributed by atoms with Crippen LogP contribution in [0.4, 0.5) is 0 Å². The van der Waals surface area contributed by atoms with Gasteiger partial charge in [0.15, 0.2) is 0 Å². The van der Waals surface area contributed by atoms with Crippen molar-refractivity contribution in [2.45, 2.75) is 38.3 Å². The van der Waals surface area contributed by atoms with Gasteiger partial charge in [0.05, 0.1) is 13.2 Å². The van der Waals surface area contributed by atoms with E-state index >= 15 is 0 Å². The molecule has 2 unspecified atom stereocenters. The third kappa shape index (κ3) is 4.49. The van der Waals surface area contributed by atoms with Crippen molar-refractivity contribution in [2.24, 2.45) is 11.5 Å². The van der Waals surface area contributed by atoms with Gasteiger partial charge in [0.1, 0.15) is 16.6 Å². The van der Waals surface area contributed by atoms with Crippen LogP contribution in [-0.4, -0.2) is 22.5 Å². The van der Waals surface area contributed by atoms with Crippen LogP contribution < -0.4 is 16.2 Å². The molecular weight excluding hydrogens is 284 g/mol. The first kappa shape index (κ1) is 15.9. The molecule has 0 saturated carbocycles. The van der Waals surface area contributed by atoms with Gasteiger partial charge in [0, 0.05) is 12.5 Å². The van der Waals surface area contributed by atoms with Gasteiger partial charge in [-0.15, -0.1) is 0 Å². The Hall–Kier alpha value is -1.50. The average Bonchev–Trinajstić information content (AvgIpc) is 2.96. The molecule has 2 atom stereocenters. The topological polar surface area (TPSA) is 87.1 Å². The molecule has 0 amide bonds. The lowest BCUT2D eigenvalue weighted by molar-refractivity contribution is 0.414. The third-order valence-electron chi connectivity index (χ3n) is 3.40. The van der Waals surface area contributed by atoms with E-state index in [1.165, 1.54) is 11.5 Å². The Morgan fingerprint density at radius 1 is 1.24 bits per heavy atom. The largest absolute Gasteiger partial charge is 0.497 e. The zero-order chi connectivity index (χ0) is 15.2. The first-order valence-corrected chi connectivity index (χ1v) is 7.86. The van der Waals surface area contributed by atoms with Crippen LogP contribution in [-0.2, 0) is 6.42 Å². The number of benzene rings is 1. The third-order valence-corrected chi connectivity index (χ3v) is 4.29. The van der Waals surface area contributed by atoms with E-state index in [0.717, 1.165) is 35.0 Å². The van der Waals surface area contributed by atoms with Crippen LogP contribution in [0.2, 0.25) is 0 Å². The minimum Gasteiger partial charge on any atom is -0.497 e. The summed E-state index contributed by atoms with van der Waals surface area (Å²) in [6.07, 6.45) is 2.37. The van der Waals surface area contributed by atoms with Crippen LogP contribution in [0.5, 0.6) is 5.75 Å². The molecule has 0 aliphatic heterocycles. The molecule has 1 heterocycles. The predicted molar refractivity (Wildman–Crippen MR) is 85.5 cm³/mol. The molecule has 21 heavy (non-hydrogen) atoms. The van der Waals surface area contributed by atoms with E-state index in [2.05, 4.69) is 16.3 Å². The van der Waals surface area contributed by atoms with Crippen molar-refractivity contribution >= 4 is 11.5 Å². The van der Waals surface area contributed by atoms with Crippen molar-refractivity contribution < 1.29 is 4.74 Å². The van der Waals surface area contributed by atoms with Crippen LogP contribution in [0.1, 0.15) is 42.2 Å². The van der Waals surface area contributed by atoms with Crippen molar-refractivity contribution in [3.8, 4) is 5.75 Å². The number of hydrogen-bond donors (Lipinski definition) is 2. The summed E-state index contributed by atoms with van der Waals surface area (Å²) in [6.45, 7) is 2.06. The minimum absolute atomic E-state index is 0.119. The lowest BCUT2D eigenvalue weighted by atomic mass is 10.1. The molecule has 0 fully saturated rings. The summed E-state index contributed by atoms with van der Waals surface area (Å²) in [6, 6.07) is 7.92. The van der Waals surface area contributed by atoms with E-state index in [1.54, 1.807) is 7.11 Å². The van der Waals surface area contributed by atoms with Gasteiger partial charge in [-0.3, -0.25) is 0 Å². The smallest absolute Gasteiger partial charge is 0.147 e. The second kappa shape index (κ2) is 7.49. The molecule has 0 bridgehead atoms. The standard InChI is InChI=1S/C15H22N4OS/c1-3-11(16)9-13(17)15-18-14(19-21-15)8-10-4-6-12(20-2)7-5-10/h4-7,11,13H,3,8-9,16-17H2,1-2H3. The second-order valence-electron chi connectivity index (χ2n) is 5.08. The Balaban J connectivity index is 1.98. The number of nitrogens with zero attached hydrogens (tertiary/aromatic N) is 2. The molecule has 2 rings (SSSR count). The number of nitrogens with two attached hydrogens (primary N) is 2. The summed E-state index contributed by atoms with van der Waals surface area (Å²) < 4.78 is 9.53. The molecule has 0 saturated heterocycles. The second-order valence-corrected chi connectivity index (χ2v) is 5.87. The molecular formula is C15H22N4OS. The monoisotopic (exact) mass is 306 g/mol. The number of methoxy groups -OCH3 is 1. The Kier molecular flexibility index (Phi) is 5.67. The highest BCUT2D eigenvalue weighted by Crippen LogP contribution is 2.20. The molecule has 6 heteroatoms. The van der Waals surface area contributed by atoms with E-state index in [0.29, 0.717) is 6.42 Å². The quantitative estimate of drug-likeness (QED) is 0.819. The lowest BCUT2D eigenvalue weighted by Crippen LogP contribution is -2.25. The average molecular weight is 306 g/mol. The summed E-state index contributed by atoms with van der Waals surface area (Å²) in [7, 11) is 1.66. The van der Waals surface area contributed by atoms with Crippen LogP contribution in [0.25, 0.3) is 0 Å². The predicted octanol–water partition coefficient (Wildman–Crippen LogP) is 2.26. The zero-order valence-corrected chi connectivity index (χ0v) is 13.3. The van der Waals surface area contributed by atoms with Crippen molar-refractivity contribution in [1.29, 1.82) is 0 Å². The van der Waals surface area contributed by atoms with Crippen molar-refractivity contribution in [3.05, 3.63) is 40.7 Å². The molecule has 2 aromatic rings. The molecule has 1 aromatic carbocycles. The highest BCUT2D eigenvalue weighted by atomic mass is 32.1. The van der Waals surface area contributed by atoms with E-state index in [1.807, 2.05) is 24.3 Å². The van der Waals surface area contributed by atoms with E-state index in [4.69, 9.17) is 16.2 Å². The van der Waals surface area contributed by atoms with Gasteiger partial charge in [-0.25, -0.2) is 4.98 Å². The Morgan fingerprint density at radius 2 is 1.95 bits per heavy atom. The molecule has 4 N–H and O–H groups in total. The fraction of sp³-hybridized carbons (Fsp3) is 0.467. The van der Waals surface area contributed by atoms with Gasteiger partial charge in [-0.2, -0.15) is 4.37 Å². The number of aromatic nitrogens is 2. The van der Waals surface area contributed by atoms with E-state index in [-0.39, 0.29) is 12.1 Å². The summed E-state index contributed by atoms with van der Waals surface area (Å²) in [4.78, 5) is 4.53. The number of rotatable bonds is 7. The molecule has 0 radical (unpaired) electrons. The van der Waals surface area contributed by atoms with E-state index in [9.17, 15) is 0 Å². The molecule has 5 nitrogen and oxygen atoms in total. The van der Waals surface area contributed by atoms with Crippen LogP contribution in [0, 0.1) is 0 Å². The Bertz CT molecular complexity index is 555. The summed E-state index contributed by atoms with van der Waals surface area (Å²) in [5, 5.41) is 0.863. The summed E-state index contributed by atoms with van der Waals surface area (Å²) in [5.41, 5.74) is 13.2. The van der Waals surface area contributed by atoms with Gasteiger partial charge in [0.2, 0.25) is 0 Å². The maximum Gasteiger partial charge on any atom is 0.147 e. The maximum absolute atomic E-state index is 6.13. The highest BCUT2D eigenvalue weighted by Gasteiger charge is 2.15. The fourth-order valence-corrected chi connectivity index (χ4v) is 2.69. The molecule has 0 spiro atoms. The number of ether oxygens (including phenoxy) is 1. The highest BCUT2D eigenvalue weighted by molar-refractivity contribution is 7.05. The minimum atomic E-state index is -0.123. The van der Waals surface area contributed by atoms with E-state index < -0.39 is 0 Å². The Labute approximate surface area is 129 Å². The van der Waals surface area contributed by atoms with Crippen molar-refractivity contribution in [2.75, 3.05) is 7.11 Å². The zero-order valence-electron chi connectivity index (χ0n) is 12.5. The molecule has 1 aromatic heterocycles. The van der Waals surface area contributed by atoms with Crippen molar-refractivity contribution in [1.82, 2.24) is 9.36 Å². The van der Waals surface area contributed by atoms with Gasteiger partial charge >= 0.3 is 0 Å². The van der Waals surface area contributed by atoms with Crippen molar-refractivity contribution in [3.63, 3.8) is 0 Å². The molecule has 0 aliphatic rings. The van der Waals surface area contributed by atoms with Gasteiger partial charge in [-0.05, 0) is 42.1 Å². The van der Waals surface area contributed by atoms with Crippen LogP contribution >= 0.6 is 11.5 Å². The fourth-order valence-electron chi connectivity index (χ4n) is 2.01. The first-order valence-electron chi connectivity index (χ1n) is 7.09. The summed E-state index contributed by atoms with van der Waals surface area (Å²) >= 11 is 1.37. The number of hydrogen-bond acceptors (Lipinski definition) is 6.